The molecule has 2 rings (SSSR count). The highest BCUT2D eigenvalue weighted by Crippen LogP contribution is 2.32. The number of aromatic nitrogens is 2. The number of carbonyl (C=O) groups is 1. The lowest BCUT2D eigenvalue weighted by Gasteiger charge is -2.36. The van der Waals surface area contributed by atoms with Crippen molar-refractivity contribution in [1.29, 1.82) is 0 Å². The molecule has 1 aliphatic heterocycles. The fraction of sp³-hybridized carbons (Fsp3) is 0.545. The summed E-state index contributed by atoms with van der Waals surface area (Å²) in [4.78, 5) is 37.2. The SMILES string of the molecule is CC1(C(=O)O)CCCN(S(=O)(=O)c2c[nH]c(=O)[nH]c2=O)C1. The standard InChI is InChI=1S/C11H15N3O6S/c1-11(9(16)17)3-2-4-14(6-11)21(19,20)7-5-12-10(18)13-8(7)15/h5H,2-4,6H2,1H3,(H,16,17)(H2,12,13,15,18). The lowest BCUT2D eigenvalue weighted by atomic mass is 9.83. The van der Waals surface area contributed by atoms with Crippen LogP contribution in [-0.4, -0.2) is 46.9 Å². The number of carboxylic acids is 1. The number of rotatable bonds is 3. The highest BCUT2D eigenvalue weighted by molar-refractivity contribution is 7.89. The molecular formula is C11H15N3O6S. The zero-order valence-electron chi connectivity index (χ0n) is 11.2. The summed E-state index contributed by atoms with van der Waals surface area (Å²) < 4.78 is 25.8. The summed E-state index contributed by atoms with van der Waals surface area (Å²) in [6, 6.07) is 0. The van der Waals surface area contributed by atoms with Crippen molar-refractivity contribution in [3.63, 3.8) is 0 Å². The van der Waals surface area contributed by atoms with Crippen LogP contribution >= 0.6 is 0 Å². The molecule has 1 fully saturated rings. The van der Waals surface area contributed by atoms with E-state index in [0.29, 0.717) is 12.8 Å². The number of nitrogens with one attached hydrogen (secondary N) is 2. The average molecular weight is 317 g/mol. The van der Waals surface area contributed by atoms with Crippen LogP contribution in [0.1, 0.15) is 19.8 Å². The van der Waals surface area contributed by atoms with E-state index in [1.807, 2.05) is 4.98 Å². The van der Waals surface area contributed by atoms with Gasteiger partial charge in [0.1, 0.15) is 0 Å². The van der Waals surface area contributed by atoms with E-state index in [2.05, 4.69) is 4.98 Å². The van der Waals surface area contributed by atoms with E-state index in [1.165, 1.54) is 6.92 Å². The third-order valence-electron chi connectivity index (χ3n) is 3.58. The Kier molecular flexibility index (Phi) is 3.76. The van der Waals surface area contributed by atoms with Crippen LogP contribution in [-0.2, 0) is 14.8 Å². The fourth-order valence-electron chi connectivity index (χ4n) is 2.30. The molecule has 1 atom stereocenters. The van der Waals surface area contributed by atoms with Gasteiger partial charge in [-0.05, 0) is 19.8 Å². The van der Waals surface area contributed by atoms with E-state index in [4.69, 9.17) is 0 Å². The molecule has 0 spiro atoms. The maximum Gasteiger partial charge on any atom is 0.325 e. The molecule has 0 bridgehead atoms. The molecular weight excluding hydrogens is 302 g/mol. The molecule has 1 aliphatic rings. The van der Waals surface area contributed by atoms with Gasteiger partial charge < -0.3 is 10.1 Å². The van der Waals surface area contributed by atoms with E-state index >= 15 is 0 Å². The minimum absolute atomic E-state index is 0.129. The van der Waals surface area contributed by atoms with Crippen molar-refractivity contribution in [3.05, 3.63) is 27.0 Å². The third-order valence-corrected chi connectivity index (χ3v) is 5.43. The number of H-pyrrole nitrogens is 2. The Bertz CT molecular complexity index is 780. The van der Waals surface area contributed by atoms with Gasteiger partial charge in [0.2, 0.25) is 10.0 Å². The highest BCUT2D eigenvalue weighted by atomic mass is 32.2. The summed E-state index contributed by atoms with van der Waals surface area (Å²) >= 11 is 0. The largest absolute Gasteiger partial charge is 0.481 e. The lowest BCUT2D eigenvalue weighted by Crippen LogP contribution is -2.49. The van der Waals surface area contributed by atoms with Gasteiger partial charge in [0.25, 0.3) is 5.56 Å². The smallest absolute Gasteiger partial charge is 0.325 e. The van der Waals surface area contributed by atoms with Crippen molar-refractivity contribution in [1.82, 2.24) is 14.3 Å². The van der Waals surface area contributed by atoms with Crippen LogP contribution in [0.3, 0.4) is 0 Å². The van der Waals surface area contributed by atoms with E-state index in [-0.39, 0.29) is 13.1 Å². The minimum atomic E-state index is -4.16. The molecule has 1 aromatic heterocycles. The first-order chi connectivity index (χ1) is 9.67. The molecule has 0 amide bonds. The van der Waals surface area contributed by atoms with Crippen LogP contribution in [0, 0.1) is 5.41 Å². The Balaban J connectivity index is 2.42. The number of hydrogen-bond acceptors (Lipinski definition) is 5. The first-order valence-corrected chi connectivity index (χ1v) is 7.66. The van der Waals surface area contributed by atoms with Crippen LogP contribution < -0.4 is 11.2 Å². The van der Waals surface area contributed by atoms with Crippen molar-refractivity contribution in [2.75, 3.05) is 13.1 Å². The second kappa shape index (κ2) is 5.11. The zero-order chi connectivity index (χ0) is 15.8. The topological polar surface area (TPSA) is 140 Å². The van der Waals surface area contributed by atoms with Crippen molar-refractivity contribution < 1.29 is 18.3 Å². The summed E-state index contributed by atoms with van der Waals surface area (Å²) in [5.74, 6) is -1.09. The molecule has 10 heteroatoms. The molecule has 1 saturated heterocycles. The molecule has 0 radical (unpaired) electrons. The zero-order valence-corrected chi connectivity index (χ0v) is 12.1. The number of carboxylic acid groups (broad SMARTS) is 1. The molecule has 0 aromatic carbocycles. The second-order valence-corrected chi connectivity index (χ2v) is 7.15. The quantitative estimate of drug-likeness (QED) is 0.649. The van der Waals surface area contributed by atoms with E-state index in [9.17, 15) is 27.9 Å². The Hall–Kier alpha value is -1.94. The van der Waals surface area contributed by atoms with Crippen LogP contribution in [0.25, 0.3) is 0 Å². The number of sulfonamides is 1. The van der Waals surface area contributed by atoms with Gasteiger partial charge >= 0.3 is 11.7 Å². The Morgan fingerprint density at radius 3 is 2.67 bits per heavy atom. The summed E-state index contributed by atoms with van der Waals surface area (Å²) in [5.41, 5.74) is -3.03. The van der Waals surface area contributed by atoms with E-state index in [1.54, 1.807) is 0 Å². The second-order valence-electron chi connectivity index (χ2n) is 5.24. The molecule has 1 unspecified atom stereocenters. The first-order valence-electron chi connectivity index (χ1n) is 6.22. The van der Waals surface area contributed by atoms with Crippen LogP contribution in [0.15, 0.2) is 20.7 Å². The maximum atomic E-state index is 12.4. The first kappa shape index (κ1) is 15.4. The lowest BCUT2D eigenvalue weighted by molar-refractivity contribution is -0.150. The summed E-state index contributed by atoms with van der Waals surface area (Å²) in [6.07, 6.45) is 1.56. The Morgan fingerprint density at radius 2 is 2.10 bits per heavy atom. The van der Waals surface area contributed by atoms with Crippen molar-refractivity contribution in [2.45, 2.75) is 24.7 Å². The van der Waals surface area contributed by atoms with E-state index in [0.717, 1.165) is 10.5 Å². The monoisotopic (exact) mass is 317 g/mol. The molecule has 21 heavy (non-hydrogen) atoms. The highest BCUT2D eigenvalue weighted by Gasteiger charge is 2.42. The Labute approximate surface area is 119 Å². The average Bonchev–Trinajstić information content (AvgIpc) is 2.38. The number of hydrogen-bond donors (Lipinski definition) is 3. The fourth-order valence-corrected chi connectivity index (χ4v) is 3.90. The van der Waals surface area contributed by atoms with Gasteiger partial charge in [0.05, 0.1) is 5.41 Å². The summed E-state index contributed by atoms with van der Waals surface area (Å²) in [6.45, 7) is 1.38. The van der Waals surface area contributed by atoms with Gasteiger partial charge in [-0.3, -0.25) is 14.6 Å². The summed E-state index contributed by atoms with van der Waals surface area (Å²) in [5, 5.41) is 9.21. The molecule has 3 N–H and O–H groups in total. The van der Waals surface area contributed by atoms with Gasteiger partial charge in [-0.1, -0.05) is 0 Å². The van der Waals surface area contributed by atoms with Gasteiger partial charge in [-0.15, -0.1) is 0 Å². The number of aliphatic carboxylic acids is 1. The number of aromatic amines is 2. The van der Waals surface area contributed by atoms with Crippen molar-refractivity contribution in [3.8, 4) is 0 Å². The van der Waals surface area contributed by atoms with Gasteiger partial charge in [0, 0.05) is 19.3 Å². The number of piperidine rings is 1. The Morgan fingerprint density at radius 1 is 1.43 bits per heavy atom. The predicted octanol–water partition coefficient (Wildman–Crippen LogP) is -1.06. The molecule has 116 valence electrons. The molecule has 0 aliphatic carbocycles. The van der Waals surface area contributed by atoms with E-state index < -0.39 is 37.6 Å². The third kappa shape index (κ3) is 2.76. The normalized spacial score (nSPS) is 23.9. The molecule has 0 saturated carbocycles. The molecule has 1 aromatic rings. The van der Waals surface area contributed by atoms with Crippen LogP contribution in [0.5, 0.6) is 0 Å². The van der Waals surface area contributed by atoms with Gasteiger partial charge in [-0.25, -0.2) is 13.2 Å². The van der Waals surface area contributed by atoms with Gasteiger partial charge in [0.15, 0.2) is 4.90 Å². The van der Waals surface area contributed by atoms with Crippen LogP contribution in [0.2, 0.25) is 0 Å². The molecule has 2 heterocycles. The van der Waals surface area contributed by atoms with Crippen molar-refractivity contribution in [2.24, 2.45) is 5.41 Å². The van der Waals surface area contributed by atoms with Crippen molar-refractivity contribution >= 4 is 16.0 Å². The minimum Gasteiger partial charge on any atom is -0.481 e. The molecule has 9 nitrogen and oxygen atoms in total. The predicted molar refractivity (Wildman–Crippen MR) is 71.4 cm³/mol. The van der Waals surface area contributed by atoms with Crippen LogP contribution in [0.4, 0.5) is 0 Å². The summed E-state index contributed by atoms with van der Waals surface area (Å²) in [7, 11) is -4.16. The number of nitrogens with zero attached hydrogens (tertiary/aromatic N) is 1. The van der Waals surface area contributed by atoms with Gasteiger partial charge in [-0.2, -0.15) is 4.31 Å². The maximum absolute atomic E-state index is 12.4.